The molecule has 0 aliphatic carbocycles. The molecule has 1 saturated heterocycles. The topological polar surface area (TPSA) is 85.3 Å². The van der Waals surface area contributed by atoms with Crippen molar-refractivity contribution in [3.8, 4) is 17.2 Å². The molecule has 1 heterocycles. The quantitative estimate of drug-likeness (QED) is 0.191. The number of Topliss-reactive ketones (excluding diaryl/α,β-unsaturated/α-hetero) is 1. The van der Waals surface area contributed by atoms with Gasteiger partial charge in [0.05, 0.1) is 32.4 Å². The zero-order valence-electron chi connectivity index (χ0n) is 24.0. The fourth-order valence-corrected chi connectivity index (χ4v) is 4.95. The van der Waals surface area contributed by atoms with Crippen LogP contribution in [0, 0.1) is 19.8 Å². The number of ketones is 1. The number of ether oxygens (including phenoxy) is 3. The van der Waals surface area contributed by atoms with E-state index in [0.717, 1.165) is 28.0 Å². The summed E-state index contributed by atoms with van der Waals surface area (Å²) in [6.45, 7) is 8.85. The SMILES string of the molecule is COc1ccc(CCN2C(=O)C(=O)/C(=C(\O)c3ccc(OCC(C)C)c(C)c3)C2c2cccc(C)c2)cc1OC. The van der Waals surface area contributed by atoms with E-state index in [1.54, 1.807) is 37.3 Å². The summed E-state index contributed by atoms with van der Waals surface area (Å²) in [4.78, 5) is 28.4. The first-order valence-corrected chi connectivity index (χ1v) is 13.4. The number of likely N-dealkylation sites (tertiary alicyclic amines) is 1. The molecule has 1 aliphatic heterocycles. The van der Waals surface area contributed by atoms with Crippen molar-refractivity contribution in [2.24, 2.45) is 5.92 Å². The van der Waals surface area contributed by atoms with Crippen molar-refractivity contribution in [2.75, 3.05) is 27.4 Å². The molecule has 4 rings (SSSR count). The summed E-state index contributed by atoms with van der Waals surface area (Å²) in [7, 11) is 3.15. The molecular formula is C33H37NO6. The Morgan fingerprint density at radius 1 is 0.925 bits per heavy atom. The number of carbonyl (C=O) groups excluding carboxylic acids is 2. The first-order chi connectivity index (χ1) is 19.1. The van der Waals surface area contributed by atoms with Crippen LogP contribution in [0.2, 0.25) is 0 Å². The Kier molecular flexibility index (Phi) is 8.83. The second-order valence-electron chi connectivity index (χ2n) is 10.5. The number of methoxy groups -OCH3 is 2. The first kappa shape index (κ1) is 28.7. The number of amides is 1. The van der Waals surface area contributed by atoms with E-state index in [1.165, 1.54) is 0 Å². The van der Waals surface area contributed by atoms with Gasteiger partial charge in [0, 0.05) is 12.1 Å². The highest BCUT2D eigenvalue weighted by Gasteiger charge is 2.45. The Hall–Kier alpha value is -4.26. The third kappa shape index (κ3) is 5.98. The lowest BCUT2D eigenvalue weighted by atomic mass is 9.94. The monoisotopic (exact) mass is 543 g/mol. The van der Waals surface area contributed by atoms with E-state index in [2.05, 4.69) is 13.8 Å². The van der Waals surface area contributed by atoms with E-state index >= 15 is 0 Å². The van der Waals surface area contributed by atoms with Crippen LogP contribution in [0.25, 0.3) is 5.76 Å². The van der Waals surface area contributed by atoms with E-state index in [9.17, 15) is 14.7 Å². The maximum atomic E-state index is 13.5. The number of aryl methyl sites for hydroxylation is 2. The van der Waals surface area contributed by atoms with Crippen molar-refractivity contribution in [1.29, 1.82) is 0 Å². The van der Waals surface area contributed by atoms with E-state index in [1.807, 2.05) is 56.3 Å². The molecule has 40 heavy (non-hydrogen) atoms. The number of aliphatic hydroxyl groups excluding tert-OH is 1. The third-order valence-corrected chi connectivity index (χ3v) is 7.01. The van der Waals surface area contributed by atoms with Crippen LogP contribution in [0.15, 0.2) is 66.2 Å². The van der Waals surface area contributed by atoms with Crippen molar-refractivity contribution in [3.05, 3.63) is 94.1 Å². The van der Waals surface area contributed by atoms with Crippen LogP contribution in [-0.2, 0) is 16.0 Å². The highest BCUT2D eigenvalue weighted by atomic mass is 16.5. The summed E-state index contributed by atoms with van der Waals surface area (Å²) < 4.78 is 16.6. The molecule has 0 saturated carbocycles. The minimum atomic E-state index is -0.725. The van der Waals surface area contributed by atoms with E-state index in [4.69, 9.17) is 14.2 Å². The highest BCUT2D eigenvalue weighted by Crippen LogP contribution is 2.40. The lowest BCUT2D eigenvalue weighted by molar-refractivity contribution is -0.139. The second kappa shape index (κ2) is 12.3. The molecule has 1 atom stereocenters. The van der Waals surface area contributed by atoms with Crippen LogP contribution in [0.5, 0.6) is 17.2 Å². The van der Waals surface area contributed by atoms with Crippen molar-refractivity contribution in [2.45, 2.75) is 40.2 Å². The normalized spacial score (nSPS) is 16.5. The zero-order valence-corrected chi connectivity index (χ0v) is 24.0. The van der Waals surface area contributed by atoms with Crippen LogP contribution in [0.3, 0.4) is 0 Å². The average molecular weight is 544 g/mol. The minimum Gasteiger partial charge on any atom is -0.507 e. The van der Waals surface area contributed by atoms with Gasteiger partial charge in [0.25, 0.3) is 11.7 Å². The summed E-state index contributed by atoms with van der Waals surface area (Å²) in [6.07, 6.45) is 0.483. The van der Waals surface area contributed by atoms with Gasteiger partial charge in [-0.05, 0) is 73.2 Å². The predicted molar refractivity (Wildman–Crippen MR) is 155 cm³/mol. The molecule has 7 heteroatoms. The van der Waals surface area contributed by atoms with Gasteiger partial charge < -0.3 is 24.2 Å². The van der Waals surface area contributed by atoms with E-state index < -0.39 is 17.7 Å². The van der Waals surface area contributed by atoms with Crippen LogP contribution >= 0.6 is 0 Å². The van der Waals surface area contributed by atoms with Gasteiger partial charge in [-0.2, -0.15) is 0 Å². The number of carbonyl (C=O) groups is 2. The zero-order chi connectivity index (χ0) is 29.0. The number of nitrogens with zero attached hydrogens (tertiary/aromatic N) is 1. The van der Waals surface area contributed by atoms with Crippen LogP contribution in [0.1, 0.15) is 47.7 Å². The van der Waals surface area contributed by atoms with Gasteiger partial charge in [0.1, 0.15) is 11.5 Å². The molecule has 3 aromatic carbocycles. The Bertz CT molecular complexity index is 1440. The Balaban J connectivity index is 1.72. The fourth-order valence-electron chi connectivity index (χ4n) is 4.95. The van der Waals surface area contributed by atoms with Gasteiger partial charge in [0.2, 0.25) is 0 Å². The fraction of sp³-hybridized carbons (Fsp3) is 0.333. The standard InChI is InChI=1S/C33H37NO6/c1-20(2)19-40-26-13-11-25(17-22(26)4)31(35)29-30(24-9-7-8-21(3)16-24)34(33(37)32(29)36)15-14-23-10-12-27(38-5)28(18-23)39-6/h7-13,16-18,20,30,35H,14-15,19H2,1-6H3/b31-29-. The molecule has 3 aromatic rings. The van der Waals surface area contributed by atoms with Gasteiger partial charge in [-0.1, -0.05) is 49.7 Å². The molecule has 1 N–H and O–H groups in total. The lowest BCUT2D eigenvalue weighted by Gasteiger charge is -2.26. The van der Waals surface area contributed by atoms with Gasteiger partial charge in [0.15, 0.2) is 11.5 Å². The number of hydrogen-bond donors (Lipinski definition) is 1. The first-order valence-electron chi connectivity index (χ1n) is 13.4. The average Bonchev–Trinajstić information content (AvgIpc) is 3.19. The largest absolute Gasteiger partial charge is 0.507 e. The highest BCUT2D eigenvalue weighted by molar-refractivity contribution is 6.46. The summed E-state index contributed by atoms with van der Waals surface area (Å²) >= 11 is 0. The molecule has 1 aliphatic rings. The Morgan fingerprint density at radius 3 is 2.30 bits per heavy atom. The van der Waals surface area contributed by atoms with E-state index in [0.29, 0.717) is 36.0 Å². The summed E-state index contributed by atoms with van der Waals surface area (Å²) in [6, 6.07) is 17.8. The lowest BCUT2D eigenvalue weighted by Crippen LogP contribution is -2.31. The third-order valence-electron chi connectivity index (χ3n) is 7.01. The molecule has 1 amide bonds. The predicted octanol–water partition coefficient (Wildman–Crippen LogP) is 6.02. The smallest absolute Gasteiger partial charge is 0.295 e. The molecule has 1 unspecified atom stereocenters. The number of aliphatic hydroxyl groups is 1. The van der Waals surface area contributed by atoms with Crippen LogP contribution in [-0.4, -0.2) is 49.1 Å². The maximum absolute atomic E-state index is 13.5. The number of hydrogen-bond acceptors (Lipinski definition) is 6. The molecule has 7 nitrogen and oxygen atoms in total. The molecule has 1 fully saturated rings. The second-order valence-corrected chi connectivity index (χ2v) is 10.5. The minimum absolute atomic E-state index is 0.0816. The maximum Gasteiger partial charge on any atom is 0.295 e. The number of rotatable bonds is 10. The number of benzene rings is 3. The van der Waals surface area contributed by atoms with Crippen LogP contribution < -0.4 is 14.2 Å². The molecule has 0 spiro atoms. The summed E-state index contributed by atoms with van der Waals surface area (Å²) in [5.41, 5.74) is 4.06. The molecule has 0 radical (unpaired) electrons. The van der Waals surface area contributed by atoms with Crippen LogP contribution in [0.4, 0.5) is 0 Å². The summed E-state index contributed by atoms with van der Waals surface area (Å²) in [5.74, 6) is 0.761. The van der Waals surface area contributed by atoms with E-state index in [-0.39, 0.29) is 17.9 Å². The van der Waals surface area contributed by atoms with Gasteiger partial charge >= 0.3 is 0 Å². The van der Waals surface area contributed by atoms with Crippen molar-refractivity contribution in [3.63, 3.8) is 0 Å². The van der Waals surface area contributed by atoms with Gasteiger partial charge in [-0.25, -0.2) is 0 Å². The van der Waals surface area contributed by atoms with Gasteiger partial charge in [-0.15, -0.1) is 0 Å². The Morgan fingerprint density at radius 2 is 1.65 bits per heavy atom. The van der Waals surface area contributed by atoms with Gasteiger partial charge in [-0.3, -0.25) is 9.59 Å². The molecule has 0 bridgehead atoms. The summed E-state index contributed by atoms with van der Waals surface area (Å²) in [5, 5.41) is 11.5. The molecule has 0 aromatic heterocycles. The van der Waals surface area contributed by atoms with Crippen molar-refractivity contribution in [1.82, 2.24) is 4.90 Å². The molecular weight excluding hydrogens is 506 g/mol. The Labute approximate surface area is 236 Å². The molecule has 210 valence electrons. The van der Waals surface area contributed by atoms with Crippen molar-refractivity contribution >= 4 is 17.4 Å². The van der Waals surface area contributed by atoms with Crippen molar-refractivity contribution < 1.29 is 28.9 Å².